The van der Waals surface area contributed by atoms with Crippen LogP contribution in [0.1, 0.15) is 21.9 Å². The predicted molar refractivity (Wildman–Crippen MR) is 76.3 cm³/mol. The third-order valence-corrected chi connectivity index (χ3v) is 2.82. The molecule has 0 aliphatic rings. The number of rotatable bonds is 8. The predicted octanol–water partition coefficient (Wildman–Crippen LogP) is 1.63. The van der Waals surface area contributed by atoms with Gasteiger partial charge in [0.05, 0.1) is 13.2 Å². The first-order chi connectivity index (χ1) is 9.99. The molecule has 7 heteroatoms. The highest BCUT2D eigenvalue weighted by molar-refractivity contribution is 5.88. The van der Waals surface area contributed by atoms with Crippen molar-refractivity contribution in [2.75, 3.05) is 26.8 Å². The number of carbonyl (C=O) groups excluding carboxylic acids is 1. The first-order valence-corrected chi connectivity index (χ1v) is 6.44. The Kier molecular flexibility index (Phi) is 6.48. The second-order valence-electron chi connectivity index (χ2n) is 4.37. The summed E-state index contributed by atoms with van der Waals surface area (Å²) in [7, 11) is 1.56. The van der Waals surface area contributed by atoms with Gasteiger partial charge in [-0.15, -0.1) is 6.58 Å². The maximum absolute atomic E-state index is 12.0. The number of aromatic carboxylic acids is 1. The zero-order valence-electron chi connectivity index (χ0n) is 12.2. The number of nitrogens with one attached hydrogen (secondary N) is 1. The van der Waals surface area contributed by atoms with Gasteiger partial charge < -0.3 is 24.5 Å². The molecule has 0 fully saturated rings. The van der Waals surface area contributed by atoms with E-state index in [1.165, 1.54) is 11.0 Å². The van der Waals surface area contributed by atoms with Crippen molar-refractivity contribution in [1.82, 2.24) is 10.2 Å². The summed E-state index contributed by atoms with van der Waals surface area (Å²) in [4.78, 5) is 24.4. The molecule has 1 aromatic rings. The molecule has 2 amide bonds. The molecule has 1 rings (SSSR count). The summed E-state index contributed by atoms with van der Waals surface area (Å²) >= 11 is 0. The fourth-order valence-corrected chi connectivity index (χ4v) is 1.75. The van der Waals surface area contributed by atoms with Gasteiger partial charge in [-0.3, -0.25) is 0 Å². The van der Waals surface area contributed by atoms with E-state index in [1.807, 2.05) is 0 Å². The number of aryl methyl sites for hydroxylation is 1. The fourth-order valence-electron chi connectivity index (χ4n) is 1.75. The minimum Gasteiger partial charge on any atom is -0.478 e. The van der Waals surface area contributed by atoms with E-state index >= 15 is 0 Å². The highest BCUT2D eigenvalue weighted by Crippen LogP contribution is 2.14. The van der Waals surface area contributed by atoms with E-state index in [2.05, 4.69) is 11.9 Å². The third kappa shape index (κ3) is 4.96. The topological polar surface area (TPSA) is 92.0 Å². The van der Waals surface area contributed by atoms with E-state index in [0.29, 0.717) is 31.2 Å². The maximum Gasteiger partial charge on any atom is 0.339 e. The molecule has 7 nitrogen and oxygen atoms in total. The molecule has 0 radical (unpaired) electrons. The van der Waals surface area contributed by atoms with Gasteiger partial charge in [0.25, 0.3) is 0 Å². The summed E-state index contributed by atoms with van der Waals surface area (Å²) in [6, 6.07) is 1.11. The Bertz CT molecular complexity index is 509. The molecule has 0 atom stereocenters. The molecule has 0 unspecified atom stereocenters. The Morgan fingerprint density at radius 1 is 1.57 bits per heavy atom. The Morgan fingerprint density at radius 2 is 2.29 bits per heavy atom. The molecule has 0 aliphatic carbocycles. The average molecular weight is 296 g/mol. The van der Waals surface area contributed by atoms with Crippen molar-refractivity contribution in [1.29, 1.82) is 0 Å². The second-order valence-corrected chi connectivity index (χ2v) is 4.37. The molecule has 0 saturated carbocycles. The van der Waals surface area contributed by atoms with Gasteiger partial charge in [0.15, 0.2) is 0 Å². The highest BCUT2D eigenvalue weighted by Gasteiger charge is 2.16. The summed E-state index contributed by atoms with van der Waals surface area (Å²) in [6.45, 7) is 6.54. The first-order valence-electron chi connectivity index (χ1n) is 6.44. The number of carboxylic acid groups (broad SMARTS) is 1. The lowest BCUT2D eigenvalue weighted by Gasteiger charge is -2.20. The maximum atomic E-state index is 12.0. The zero-order valence-corrected chi connectivity index (χ0v) is 12.2. The number of amides is 2. The Labute approximate surface area is 123 Å². The van der Waals surface area contributed by atoms with Crippen LogP contribution in [0.3, 0.4) is 0 Å². The number of urea groups is 1. The standard InChI is InChI=1S/C14H20N2O5/c1-4-5-16(6-7-20-3)14(19)15-9-11-8-12(13(17)18)10(2)21-11/h4,8H,1,5-7,9H2,2-3H3,(H,15,19)(H,17,18). The van der Waals surface area contributed by atoms with Crippen LogP contribution in [0.4, 0.5) is 4.79 Å². The summed E-state index contributed by atoms with van der Waals surface area (Å²) < 4.78 is 10.2. The quantitative estimate of drug-likeness (QED) is 0.711. The van der Waals surface area contributed by atoms with E-state index in [1.54, 1.807) is 20.1 Å². The van der Waals surface area contributed by atoms with Crippen molar-refractivity contribution < 1.29 is 23.8 Å². The highest BCUT2D eigenvalue weighted by atomic mass is 16.5. The van der Waals surface area contributed by atoms with Crippen molar-refractivity contribution in [2.45, 2.75) is 13.5 Å². The van der Waals surface area contributed by atoms with Crippen LogP contribution in [0.5, 0.6) is 0 Å². The van der Waals surface area contributed by atoms with Gasteiger partial charge in [-0.05, 0) is 13.0 Å². The molecule has 2 N–H and O–H groups in total. The number of methoxy groups -OCH3 is 1. The van der Waals surface area contributed by atoms with E-state index in [9.17, 15) is 9.59 Å². The largest absolute Gasteiger partial charge is 0.478 e. The van der Waals surface area contributed by atoms with E-state index < -0.39 is 5.97 Å². The van der Waals surface area contributed by atoms with Gasteiger partial charge in [0, 0.05) is 20.2 Å². The normalized spacial score (nSPS) is 10.2. The van der Waals surface area contributed by atoms with Gasteiger partial charge in [-0.25, -0.2) is 9.59 Å². The van der Waals surface area contributed by atoms with Crippen LogP contribution in [0, 0.1) is 6.92 Å². The number of furan rings is 1. The summed E-state index contributed by atoms with van der Waals surface area (Å²) in [5.74, 6) is -0.347. The minimum absolute atomic E-state index is 0.0987. The van der Waals surface area contributed by atoms with Crippen molar-refractivity contribution in [3.8, 4) is 0 Å². The Morgan fingerprint density at radius 3 is 2.81 bits per heavy atom. The molecule has 0 saturated heterocycles. The van der Waals surface area contributed by atoms with E-state index in [0.717, 1.165) is 0 Å². The van der Waals surface area contributed by atoms with Crippen LogP contribution in [0.25, 0.3) is 0 Å². The number of carboxylic acids is 1. The number of nitrogens with zero attached hydrogens (tertiary/aromatic N) is 1. The van der Waals surface area contributed by atoms with E-state index in [4.69, 9.17) is 14.3 Å². The molecular weight excluding hydrogens is 276 g/mol. The Balaban J connectivity index is 2.59. The molecule has 0 aliphatic heterocycles. The molecule has 0 spiro atoms. The van der Waals surface area contributed by atoms with Crippen LogP contribution in [0.15, 0.2) is 23.1 Å². The van der Waals surface area contributed by atoms with Gasteiger partial charge in [0.1, 0.15) is 17.1 Å². The lowest BCUT2D eigenvalue weighted by molar-refractivity contribution is 0.0695. The lowest BCUT2D eigenvalue weighted by atomic mass is 10.2. The molecule has 1 heterocycles. The second kappa shape index (κ2) is 8.11. The zero-order chi connectivity index (χ0) is 15.8. The van der Waals surface area contributed by atoms with Crippen LogP contribution in [-0.2, 0) is 11.3 Å². The summed E-state index contributed by atoms with van der Waals surface area (Å²) in [5.41, 5.74) is 0.0987. The number of hydrogen-bond donors (Lipinski definition) is 2. The third-order valence-electron chi connectivity index (χ3n) is 2.82. The number of ether oxygens (including phenoxy) is 1. The van der Waals surface area contributed by atoms with Crippen molar-refractivity contribution in [3.05, 3.63) is 35.8 Å². The first kappa shape index (κ1) is 16.8. The van der Waals surface area contributed by atoms with Gasteiger partial charge in [-0.1, -0.05) is 6.08 Å². The fraction of sp³-hybridized carbons (Fsp3) is 0.429. The van der Waals surface area contributed by atoms with Gasteiger partial charge in [-0.2, -0.15) is 0 Å². The Hall–Kier alpha value is -2.28. The van der Waals surface area contributed by atoms with Crippen LogP contribution >= 0.6 is 0 Å². The monoisotopic (exact) mass is 296 g/mol. The lowest BCUT2D eigenvalue weighted by Crippen LogP contribution is -2.41. The molecule has 116 valence electrons. The van der Waals surface area contributed by atoms with Crippen LogP contribution in [-0.4, -0.2) is 48.8 Å². The molecular formula is C14H20N2O5. The van der Waals surface area contributed by atoms with Crippen LogP contribution < -0.4 is 5.32 Å². The molecule has 1 aromatic heterocycles. The van der Waals surface area contributed by atoms with Crippen molar-refractivity contribution >= 4 is 12.0 Å². The number of hydrogen-bond acceptors (Lipinski definition) is 4. The SMILES string of the molecule is C=CCN(CCOC)C(=O)NCc1cc(C(=O)O)c(C)o1. The smallest absolute Gasteiger partial charge is 0.339 e. The average Bonchev–Trinajstić information content (AvgIpc) is 2.82. The molecule has 21 heavy (non-hydrogen) atoms. The van der Waals surface area contributed by atoms with Crippen LogP contribution in [0.2, 0.25) is 0 Å². The van der Waals surface area contributed by atoms with E-state index in [-0.39, 0.29) is 18.1 Å². The molecule has 0 bridgehead atoms. The van der Waals surface area contributed by atoms with Crippen molar-refractivity contribution in [2.24, 2.45) is 0 Å². The summed E-state index contributed by atoms with van der Waals surface area (Å²) in [5, 5.41) is 11.6. The minimum atomic E-state index is -1.05. The summed E-state index contributed by atoms with van der Waals surface area (Å²) in [6.07, 6.45) is 1.62. The number of carbonyl (C=O) groups is 2. The van der Waals surface area contributed by atoms with Crippen molar-refractivity contribution in [3.63, 3.8) is 0 Å². The molecule has 0 aromatic carbocycles. The van der Waals surface area contributed by atoms with Gasteiger partial charge in [0.2, 0.25) is 0 Å². The van der Waals surface area contributed by atoms with Gasteiger partial charge >= 0.3 is 12.0 Å².